The average molecular weight is 537 g/mol. The molecule has 0 aliphatic carbocycles. The lowest BCUT2D eigenvalue weighted by molar-refractivity contribution is -0.121. The summed E-state index contributed by atoms with van der Waals surface area (Å²) in [4.78, 5) is 31.7. The maximum atomic E-state index is 13.3. The van der Waals surface area contributed by atoms with Crippen LogP contribution in [0, 0.1) is 0 Å². The molecule has 2 aliphatic rings. The summed E-state index contributed by atoms with van der Waals surface area (Å²) in [6.07, 6.45) is 0. The Balaban J connectivity index is 1.35. The Bertz CT molecular complexity index is 1180. The third kappa shape index (κ3) is 4.29. The van der Waals surface area contributed by atoms with Gasteiger partial charge < -0.3 is 4.90 Å². The molecule has 0 saturated carbocycles. The van der Waals surface area contributed by atoms with Crippen molar-refractivity contribution in [1.29, 1.82) is 0 Å². The van der Waals surface area contributed by atoms with Gasteiger partial charge in [0.05, 0.1) is 11.7 Å². The van der Waals surface area contributed by atoms with Gasteiger partial charge in [-0.15, -0.1) is 0 Å². The lowest BCUT2D eigenvalue weighted by atomic mass is 9.96. The van der Waals surface area contributed by atoms with Gasteiger partial charge in [-0.25, -0.2) is 4.90 Å². The molecule has 2 aliphatic heterocycles. The highest BCUT2D eigenvalue weighted by molar-refractivity contribution is 9.10. The molecular weight excluding hydrogens is 514 g/mol. The zero-order chi connectivity index (χ0) is 23.7. The molecule has 0 N–H and O–H groups in total. The smallest absolute Gasteiger partial charge is 0.283 e. The van der Waals surface area contributed by atoms with Crippen LogP contribution in [0.15, 0.2) is 100 Å². The van der Waals surface area contributed by atoms with E-state index in [1.165, 1.54) is 11.1 Å². The Hall–Kier alpha value is -2.93. The molecule has 7 heteroatoms. The van der Waals surface area contributed by atoms with Gasteiger partial charge in [0.2, 0.25) is 0 Å². The molecule has 0 spiro atoms. The molecule has 0 atom stereocenters. The molecular formula is C27H23BrClN3O2. The third-order valence-electron chi connectivity index (χ3n) is 6.32. The molecule has 0 aromatic heterocycles. The topological polar surface area (TPSA) is 43.9 Å². The Morgan fingerprint density at radius 3 is 1.76 bits per heavy atom. The first-order valence-corrected chi connectivity index (χ1v) is 12.3. The van der Waals surface area contributed by atoms with Gasteiger partial charge in [-0.3, -0.25) is 14.5 Å². The summed E-state index contributed by atoms with van der Waals surface area (Å²) < 4.78 is 0.872. The van der Waals surface area contributed by atoms with Crippen LogP contribution in [0.3, 0.4) is 0 Å². The molecule has 3 aromatic carbocycles. The maximum absolute atomic E-state index is 13.3. The van der Waals surface area contributed by atoms with E-state index in [4.69, 9.17) is 11.6 Å². The molecule has 2 heterocycles. The highest BCUT2D eigenvalue weighted by atomic mass is 79.9. The van der Waals surface area contributed by atoms with Crippen molar-refractivity contribution in [2.45, 2.75) is 6.04 Å². The van der Waals surface area contributed by atoms with Crippen molar-refractivity contribution in [3.63, 3.8) is 0 Å². The molecule has 34 heavy (non-hydrogen) atoms. The van der Waals surface area contributed by atoms with E-state index in [0.29, 0.717) is 24.5 Å². The summed E-state index contributed by atoms with van der Waals surface area (Å²) >= 11 is 9.81. The van der Waals surface area contributed by atoms with Crippen LogP contribution in [0.2, 0.25) is 0 Å². The second-order valence-corrected chi connectivity index (χ2v) is 9.63. The molecule has 0 unspecified atom stereocenters. The lowest BCUT2D eigenvalue weighted by Gasteiger charge is -2.40. The van der Waals surface area contributed by atoms with Crippen molar-refractivity contribution in [3.8, 4) is 0 Å². The summed E-state index contributed by atoms with van der Waals surface area (Å²) in [6, 6.07) is 28.1. The van der Waals surface area contributed by atoms with Crippen molar-refractivity contribution >= 4 is 45.0 Å². The molecule has 3 aromatic rings. The normalized spacial score (nSPS) is 17.3. The van der Waals surface area contributed by atoms with Gasteiger partial charge in [-0.2, -0.15) is 0 Å². The molecule has 0 radical (unpaired) electrons. The number of carbonyl (C=O) groups excluding carboxylic acids is 2. The predicted molar refractivity (Wildman–Crippen MR) is 137 cm³/mol. The van der Waals surface area contributed by atoms with Crippen LogP contribution < -0.4 is 4.90 Å². The van der Waals surface area contributed by atoms with Gasteiger partial charge in [0.25, 0.3) is 11.8 Å². The number of hydrogen-bond donors (Lipinski definition) is 0. The summed E-state index contributed by atoms with van der Waals surface area (Å²) in [6.45, 7) is 2.69. The highest BCUT2D eigenvalue weighted by Crippen LogP contribution is 2.34. The fraction of sp³-hybridized carbons (Fsp3) is 0.185. The number of piperazine rings is 1. The fourth-order valence-electron chi connectivity index (χ4n) is 4.68. The zero-order valence-electron chi connectivity index (χ0n) is 18.4. The number of halogens is 2. The first kappa shape index (κ1) is 22.8. The zero-order valence-corrected chi connectivity index (χ0v) is 20.7. The van der Waals surface area contributed by atoms with Crippen LogP contribution in [-0.2, 0) is 9.59 Å². The first-order valence-electron chi connectivity index (χ1n) is 11.2. The SMILES string of the molecule is O=C1C(Cl)=C(N2CCN(C(c3ccccc3)c3ccccc3)CC2)C(=O)N1c1ccc(Br)cc1. The standard InChI is InChI=1S/C27H23BrClN3O2/c28-21-11-13-22(14-12-21)32-26(33)23(29)25(27(32)34)31-17-15-30(16-18-31)24(19-7-3-1-4-8-19)20-9-5-2-6-10-20/h1-14,24H,15-18H2. The third-order valence-corrected chi connectivity index (χ3v) is 7.18. The van der Waals surface area contributed by atoms with Gasteiger partial charge in [0.1, 0.15) is 10.7 Å². The van der Waals surface area contributed by atoms with E-state index >= 15 is 0 Å². The van der Waals surface area contributed by atoms with Crippen LogP contribution in [0.1, 0.15) is 17.2 Å². The molecule has 5 rings (SSSR count). The first-order chi connectivity index (χ1) is 16.5. The molecule has 1 saturated heterocycles. The number of imide groups is 1. The van der Waals surface area contributed by atoms with Crippen molar-refractivity contribution in [3.05, 3.63) is 111 Å². The molecule has 5 nitrogen and oxygen atoms in total. The Morgan fingerprint density at radius 1 is 0.706 bits per heavy atom. The van der Waals surface area contributed by atoms with E-state index in [-0.39, 0.29) is 17.0 Å². The van der Waals surface area contributed by atoms with Crippen molar-refractivity contribution in [2.75, 3.05) is 31.1 Å². The largest absolute Gasteiger partial charge is 0.363 e. The van der Waals surface area contributed by atoms with Gasteiger partial charge in [0.15, 0.2) is 0 Å². The maximum Gasteiger partial charge on any atom is 0.283 e. The van der Waals surface area contributed by atoms with Gasteiger partial charge in [-0.1, -0.05) is 88.2 Å². The van der Waals surface area contributed by atoms with Crippen LogP contribution in [-0.4, -0.2) is 47.8 Å². The van der Waals surface area contributed by atoms with Crippen LogP contribution in [0.4, 0.5) is 5.69 Å². The number of hydrogen-bond acceptors (Lipinski definition) is 4. The number of amides is 2. The summed E-state index contributed by atoms with van der Waals surface area (Å²) in [5.74, 6) is -0.841. The number of carbonyl (C=O) groups is 2. The van der Waals surface area contributed by atoms with E-state index in [0.717, 1.165) is 22.5 Å². The molecule has 1 fully saturated rings. The Morgan fingerprint density at radius 2 is 1.24 bits per heavy atom. The van der Waals surface area contributed by atoms with E-state index in [9.17, 15) is 9.59 Å². The van der Waals surface area contributed by atoms with Gasteiger partial charge in [0, 0.05) is 30.7 Å². The highest BCUT2D eigenvalue weighted by Gasteiger charge is 2.42. The second kappa shape index (κ2) is 9.74. The van der Waals surface area contributed by atoms with E-state index in [1.54, 1.807) is 24.3 Å². The quantitative estimate of drug-likeness (QED) is 0.422. The number of benzene rings is 3. The van der Waals surface area contributed by atoms with Crippen LogP contribution in [0.5, 0.6) is 0 Å². The monoisotopic (exact) mass is 535 g/mol. The van der Waals surface area contributed by atoms with Crippen LogP contribution in [0.25, 0.3) is 0 Å². The Labute approximate surface area is 212 Å². The van der Waals surface area contributed by atoms with E-state index < -0.39 is 5.91 Å². The minimum atomic E-state index is -0.474. The van der Waals surface area contributed by atoms with Crippen molar-refractivity contribution < 1.29 is 9.59 Å². The number of nitrogens with zero attached hydrogens (tertiary/aromatic N) is 3. The summed E-state index contributed by atoms with van der Waals surface area (Å²) in [5.41, 5.74) is 3.27. The number of rotatable bonds is 5. The van der Waals surface area contributed by atoms with Crippen molar-refractivity contribution in [1.82, 2.24) is 9.80 Å². The van der Waals surface area contributed by atoms with Crippen molar-refractivity contribution in [2.24, 2.45) is 0 Å². The lowest BCUT2D eigenvalue weighted by Crippen LogP contribution is -2.48. The minimum absolute atomic E-state index is 0.0102. The second-order valence-electron chi connectivity index (χ2n) is 8.33. The van der Waals surface area contributed by atoms with Gasteiger partial charge >= 0.3 is 0 Å². The number of anilines is 1. The molecule has 0 bridgehead atoms. The van der Waals surface area contributed by atoms with E-state index in [1.807, 2.05) is 17.0 Å². The average Bonchev–Trinajstić information content (AvgIpc) is 3.09. The summed E-state index contributed by atoms with van der Waals surface area (Å²) in [7, 11) is 0. The minimum Gasteiger partial charge on any atom is -0.363 e. The fourth-order valence-corrected chi connectivity index (χ4v) is 5.23. The summed E-state index contributed by atoms with van der Waals surface area (Å²) in [5, 5.41) is -0.0102. The van der Waals surface area contributed by atoms with E-state index in [2.05, 4.69) is 69.4 Å². The van der Waals surface area contributed by atoms with Crippen LogP contribution >= 0.6 is 27.5 Å². The molecule has 2 amide bonds. The van der Waals surface area contributed by atoms with Gasteiger partial charge in [-0.05, 0) is 35.4 Å². The predicted octanol–water partition coefficient (Wildman–Crippen LogP) is 5.18. The molecule has 172 valence electrons. The Kier molecular flexibility index (Phi) is 6.55.